The number of aromatic nitrogens is 1. The number of ether oxygens (including phenoxy) is 2. The van der Waals surface area contributed by atoms with Crippen molar-refractivity contribution >= 4 is 48.8 Å². The third-order valence-corrected chi connectivity index (χ3v) is 7.46. The summed E-state index contributed by atoms with van der Waals surface area (Å²) in [6.45, 7) is 0.317. The molecule has 18 heteroatoms. The molecule has 0 aliphatic carbocycles. The second-order valence-corrected chi connectivity index (χ2v) is 10.5. The lowest BCUT2D eigenvalue weighted by Gasteiger charge is -2.27. The van der Waals surface area contributed by atoms with Crippen LogP contribution in [0.25, 0.3) is 0 Å². The third-order valence-electron chi connectivity index (χ3n) is 6.04. The van der Waals surface area contributed by atoms with Crippen LogP contribution in [0.2, 0.25) is 0 Å². The first-order valence-corrected chi connectivity index (χ1v) is 14.0. The van der Waals surface area contributed by atoms with E-state index in [2.05, 4.69) is 14.4 Å². The first-order chi connectivity index (χ1) is 19.9. The zero-order valence-electron chi connectivity index (χ0n) is 21.9. The fourth-order valence-corrected chi connectivity index (χ4v) is 5.32. The second kappa shape index (κ2) is 12.7. The van der Waals surface area contributed by atoms with Crippen LogP contribution >= 0.6 is 7.75 Å². The molecular formula is C24H24F3N4O10P. The summed E-state index contributed by atoms with van der Waals surface area (Å²) < 4.78 is 77.9. The molecule has 226 valence electrons. The van der Waals surface area contributed by atoms with Crippen molar-refractivity contribution in [1.82, 2.24) is 5.16 Å². The Morgan fingerprint density at radius 2 is 1.95 bits per heavy atom. The van der Waals surface area contributed by atoms with E-state index in [1.807, 2.05) is 0 Å². The van der Waals surface area contributed by atoms with Gasteiger partial charge >= 0.3 is 25.8 Å². The van der Waals surface area contributed by atoms with Crippen molar-refractivity contribution < 1.29 is 60.3 Å². The maximum absolute atomic E-state index is 15.1. The van der Waals surface area contributed by atoms with E-state index in [4.69, 9.17) is 9.26 Å². The van der Waals surface area contributed by atoms with Crippen LogP contribution in [-0.4, -0.2) is 66.2 Å². The molecule has 0 bridgehead atoms. The Hall–Kier alpha value is -4.37. The summed E-state index contributed by atoms with van der Waals surface area (Å²) in [5.74, 6) is -6.96. The fraction of sp³-hybridized carbons (Fsp3) is 0.375. The molecule has 0 saturated carbocycles. The number of esters is 1. The minimum Gasteiger partial charge on any atom is -0.466 e. The molecule has 1 aromatic heterocycles. The Bertz CT molecular complexity index is 1450. The predicted molar refractivity (Wildman–Crippen MR) is 136 cm³/mol. The van der Waals surface area contributed by atoms with Crippen molar-refractivity contribution in [3.63, 3.8) is 0 Å². The molecule has 0 spiro atoms. The van der Waals surface area contributed by atoms with Gasteiger partial charge in [-0.1, -0.05) is 5.16 Å². The first kappa shape index (κ1) is 30.6. The second-order valence-electron chi connectivity index (χ2n) is 8.89. The van der Waals surface area contributed by atoms with Gasteiger partial charge in [0.1, 0.15) is 18.1 Å². The Morgan fingerprint density at radius 3 is 2.60 bits per heavy atom. The monoisotopic (exact) mass is 616 g/mol. The normalized spacial score (nSPS) is 18.1. The summed E-state index contributed by atoms with van der Waals surface area (Å²) in [6.07, 6.45) is -0.364. The molecule has 3 heterocycles. The highest BCUT2D eigenvalue weighted by atomic mass is 31.2. The van der Waals surface area contributed by atoms with Gasteiger partial charge in [-0.25, -0.2) is 27.2 Å². The highest BCUT2D eigenvalue weighted by molar-refractivity contribution is 7.55. The number of rotatable bonds is 11. The van der Waals surface area contributed by atoms with Crippen molar-refractivity contribution in [2.75, 3.05) is 40.7 Å². The van der Waals surface area contributed by atoms with Crippen LogP contribution in [0, 0.1) is 17.5 Å². The van der Waals surface area contributed by atoms with Gasteiger partial charge < -0.3 is 23.4 Å². The standard InChI is InChI=1S/C24H24F3N4O10P/c1-2-38-19(33)3-4-20(34)41-42(36,37)31(18-7-10-39-28-18)13-15-12-30(24(35)40-15)17-11-16(25)23(22(27)21(17)26)29-8-5-14(32)6-9-29/h5,7-8,10-11,15H,2-4,6,9,12-13H2,1H3,(H,36,37)/t15-/m1/s1. The molecule has 1 amide bonds. The number of benzene rings is 1. The number of halogens is 3. The van der Waals surface area contributed by atoms with E-state index < -0.39 is 86.6 Å². The van der Waals surface area contributed by atoms with E-state index in [9.17, 15) is 37.4 Å². The Morgan fingerprint density at radius 1 is 1.21 bits per heavy atom. The first-order valence-electron chi connectivity index (χ1n) is 12.4. The molecular weight excluding hydrogens is 592 g/mol. The van der Waals surface area contributed by atoms with Crippen molar-refractivity contribution in [2.45, 2.75) is 32.3 Å². The van der Waals surface area contributed by atoms with Crippen LogP contribution in [0.3, 0.4) is 0 Å². The van der Waals surface area contributed by atoms with Crippen molar-refractivity contribution in [2.24, 2.45) is 0 Å². The predicted octanol–water partition coefficient (Wildman–Crippen LogP) is 3.20. The average molecular weight is 616 g/mol. The topological polar surface area (TPSA) is 169 Å². The van der Waals surface area contributed by atoms with E-state index >= 15 is 4.39 Å². The van der Waals surface area contributed by atoms with Gasteiger partial charge in [-0.2, -0.15) is 0 Å². The molecule has 2 atom stereocenters. The third kappa shape index (κ3) is 6.74. The van der Waals surface area contributed by atoms with Crippen LogP contribution in [0.15, 0.2) is 35.2 Å². The summed E-state index contributed by atoms with van der Waals surface area (Å²) in [5.41, 5.74) is -1.56. The van der Waals surface area contributed by atoms with Gasteiger partial charge in [-0.05, 0) is 13.0 Å². The van der Waals surface area contributed by atoms with Gasteiger partial charge in [-0.3, -0.25) is 24.2 Å². The van der Waals surface area contributed by atoms with Crippen LogP contribution in [-0.2, 0) is 32.9 Å². The fourth-order valence-electron chi connectivity index (χ4n) is 4.12. The molecule has 0 radical (unpaired) electrons. The molecule has 42 heavy (non-hydrogen) atoms. The zero-order chi connectivity index (χ0) is 30.6. The molecule has 2 aromatic rings. The number of carbonyl (C=O) groups is 4. The SMILES string of the molecule is CCOC(=O)CCC(=O)OP(=O)(O)N(C[C@H]1CN(c2cc(F)c(N3C=CC(=O)CC3)c(F)c2F)C(=O)O1)c1ccon1. The Labute approximate surface area is 235 Å². The Kier molecular flexibility index (Phi) is 9.21. The van der Waals surface area contributed by atoms with Gasteiger partial charge in [0, 0.05) is 31.3 Å². The summed E-state index contributed by atoms with van der Waals surface area (Å²) >= 11 is 0. The van der Waals surface area contributed by atoms with E-state index in [-0.39, 0.29) is 31.2 Å². The highest BCUT2D eigenvalue weighted by Crippen LogP contribution is 2.49. The molecule has 1 unspecified atom stereocenters. The van der Waals surface area contributed by atoms with E-state index in [0.29, 0.717) is 15.6 Å². The molecule has 2 aliphatic rings. The average Bonchev–Trinajstić information content (AvgIpc) is 3.59. The number of hydrogen-bond acceptors (Lipinski definition) is 11. The maximum Gasteiger partial charge on any atom is 0.490 e. The number of ketones is 1. The molecule has 1 N–H and O–H groups in total. The summed E-state index contributed by atoms with van der Waals surface area (Å²) in [7, 11) is -5.07. The molecule has 4 rings (SSSR count). The van der Waals surface area contributed by atoms with Gasteiger partial charge in [0.25, 0.3) is 0 Å². The van der Waals surface area contributed by atoms with Crippen molar-refractivity contribution in [1.29, 1.82) is 0 Å². The van der Waals surface area contributed by atoms with Crippen molar-refractivity contribution in [3.8, 4) is 0 Å². The van der Waals surface area contributed by atoms with Crippen LogP contribution in [0.5, 0.6) is 0 Å². The van der Waals surface area contributed by atoms with Crippen molar-refractivity contribution in [3.05, 3.63) is 48.1 Å². The molecule has 14 nitrogen and oxygen atoms in total. The van der Waals surface area contributed by atoms with Crippen LogP contribution in [0.1, 0.15) is 26.2 Å². The molecule has 1 saturated heterocycles. The number of nitrogens with zero attached hydrogens (tertiary/aromatic N) is 4. The van der Waals surface area contributed by atoms with Crippen LogP contribution in [0.4, 0.5) is 35.2 Å². The molecule has 1 aromatic carbocycles. The number of hydrogen-bond donors (Lipinski definition) is 1. The number of anilines is 3. The molecule has 2 aliphatic heterocycles. The lowest BCUT2D eigenvalue weighted by Crippen LogP contribution is -2.34. The Balaban J connectivity index is 1.51. The smallest absolute Gasteiger partial charge is 0.466 e. The minimum absolute atomic E-state index is 0.0453. The largest absolute Gasteiger partial charge is 0.490 e. The number of carbonyl (C=O) groups excluding carboxylic acids is 4. The van der Waals surface area contributed by atoms with Gasteiger partial charge in [0.05, 0.1) is 38.2 Å². The summed E-state index contributed by atoms with van der Waals surface area (Å²) in [6, 6.07) is 1.72. The van der Waals surface area contributed by atoms with Crippen LogP contribution < -0.4 is 14.5 Å². The lowest BCUT2D eigenvalue weighted by atomic mass is 10.1. The quantitative estimate of drug-likeness (QED) is 0.222. The molecule has 1 fully saturated rings. The van der Waals surface area contributed by atoms with Gasteiger partial charge in [0.2, 0.25) is 0 Å². The minimum atomic E-state index is -5.07. The number of amides is 1. The van der Waals surface area contributed by atoms with Gasteiger partial charge in [0.15, 0.2) is 29.1 Å². The zero-order valence-corrected chi connectivity index (χ0v) is 22.8. The number of cyclic esters (lactones) is 1. The summed E-state index contributed by atoms with van der Waals surface area (Å²) in [5, 5.41) is 3.53. The highest BCUT2D eigenvalue weighted by Gasteiger charge is 2.42. The van der Waals surface area contributed by atoms with E-state index in [1.54, 1.807) is 6.92 Å². The summed E-state index contributed by atoms with van der Waals surface area (Å²) in [4.78, 5) is 59.8. The number of allylic oxidation sites excluding steroid dienone is 1. The van der Waals surface area contributed by atoms with Gasteiger partial charge in [-0.15, -0.1) is 0 Å². The van der Waals surface area contributed by atoms with E-state index in [0.717, 1.165) is 29.5 Å². The lowest BCUT2D eigenvalue weighted by molar-refractivity contribution is -0.146. The van der Waals surface area contributed by atoms with E-state index in [1.165, 1.54) is 0 Å². The maximum atomic E-state index is 15.1.